The topological polar surface area (TPSA) is 78.9 Å². The predicted octanol–water partition coefficient (Wildman–Crippen LogP) is 3.54. The fraction of sp³-hybridized carbons (Fsp3) is 0.333. The third-order valence-electron chi connectivity index (χ3n) is 4.99. The van der Waals surface area contributed by atoms with Crippen molar-refractivity contribution in [1.29, 1.82) is 0 Å². The Balaban J connectivity index is 1.65. The molecule has 1 aliphatic rings. The molecule has 2 unspecified atom stereocenters. The van der Waals surface area contributed by atoms with E-state index in [0.29, 0.717) is 13.0 Å². The van der Waals surface area contributed by atoms with E-state index in [-0.39, 0.29) is 18.6 Å². The van der Waals surface area contributed by atoms with Gasteiger partial charge in [0.1, 0.15) is 5.75 Å². The smallest absolute Gasteiger partial charge is 0.317 e. The molecule has 0 aromatic heterocycles. The van der Waals surface area contributed by atoms with Crippen LogP contribution in [0.3, 0.4) is 0 Å². The van der Waals surface area contributed by atoms with E-state index in [1.165, 1.54) is 0 Å². The Kier molecular flexibility index (Phi) is 5.64. The molecule has 3 rings (SSSR count). The van der Waals surface area contributed by atoms with Gasteiger partial charge in [0.25, 0.3) is 0 Å². The van der Waals surface area contributed by atoms with Crippen molar-refractivity contribution in [2.24, 2.45) is 5.92 Å². The minimum absolute atomic E-state index is 0.173. The molecule has 2 aromatic rings. The van der Waals surface area contributed by atoms with Crippen LogP contribution in [0.25, 0.3) is 11.1 Å². The lowest BCUT2D eigenvalue weighted by Crippen LogP contribution is -2.40. The number of nitrogens with one attached hydrogen (secondary N) is 1. The zero-order chi connectivity index (χ0) is 19.4. The third kappa shape index (κ3) is 4.22. The summed E-state index contributed by atoms with van der Waals surface area (Å²) in [6.07, 6.45) is 0.505. The van der Waals surface area contributed by atoms with Crippen molar-refractivity contribution in [1.82, 2.24) is 10.2 Å². The summed E-state index contributed by atoms with van der Waals surface area (Å²) in [5.74, 6) is -0.495. The van der Waals surface area contributed by atoms with Crippen molar-refractivity contribution in [3.63, 3.8) is 0 Å². The highest BCUT2D eigenvalue weighted by molar-refractivity contribution is 5.78. The summed E-state index contributed by atoms with van der Waals surface area (Å²) >= 11 is 0. The van der Waals surface area contributed by atoms with E-state index in [2.05, 4.69) is 5.32 Å². The Bertz CT molecular complexity index is 819. The molecule has 0 spiro atoms. The maximum absolute atomic E-state index is 12.4. The van der Waals surface area contributed by atoms with Gasteiger partial charge in [-0.2, -0.15) is 0 Å². The quantitative estimate of drug-likeness (QED) is 0.846. The molecule has 0 radical (unpaired) electrons. The van der Waals surface area contributed by atoms with Crippen LogP contribution in [-0.2, 0) is 4.79 Å². The van der Waals surface area contributed by atoms with E-state index < -0.39 is 11.9 Å². The summed E-state index contributed by atoms with van der Waals surface area (Å²) in [5, 5.41) is 12.0. The first-order valence-electron chi connectivity index (χ1n) is 9.01. The highest BCUT2D eigenvalue weighted by atomic mass is 16.5. The van der Waals surface area contributed by atoms with Crippen molar-refractivity contribution >= 4 is 12.0 Å². The molecule has 6 nitrogen and oxygen atoms in total. The predicted molar refractivity (Wildman–Crippen MR) is 103 cm³/mol. The first-order chi connectivity index (χ1) is 13.0. The molecule has 0 aliphatic carbocycles. The van der Waals surface area contributed by atoms with Crippen LogP contribution in [-0.4, -0.2) is 42.2 Å². The molecule has 2 atom stereocenters. The van der Waals surface area contributed by atoms with E-state index in [4.69, 9.17) is 9.84 Å². The summed E-state index contributed by atoms with van der Waals surface area (Å²) < 4.78 is 5.41. The summed E-state index contributed by atoms with van der Waals surface area (Å²) in [5.41, 5.74) is 3.04. The van der Waals surface area contributed by atoms with Gasteiger partial charge in [-0.1, -0.05) is 42.5 Å². The monoisotopic (exact) mass is 368 g/mol. The molecule has 2 amide bonds. The summed E-state index contributed by atoms with van der Waals surface area (Å²) in [4.78, 5) is 25.0. The standard InChI is InChI=1S/C21H24N2O4/c1-14(22-21(26)23-12-11-17(13-23)20(24)25)15-7-9-16(10-8-15)18-5-3-4-6-19(18)27-2/h3-10,14,17H,11-13H2,1-2H3,(H,22,26)(H,24,25). The number of urea groups is 1. The normalized spacial score (nSPS) is 17.4. The van der Waals surface area contributed by atoms with Crippen LogP contribution in [0.5, 0.6) is 5.75 Å². The third-order valence-corrected chi connectivity index (χ3v) is 4.99. The molecule has 1 fully saturated rings. The molecule has 1 saturated heterocycles. The van der Waals surface area contributed by atoms with Gasteiger partial charge in [0.2, 0.25) is 0 Å². The van der Waals surface area contributed by atoms with Crippen LogP contribution in [0.1, 0.15) is 24.9 Å². The average Bonchev–Trinajstić information content (AvgIpc) is 3.19. The van der Waals surface area contributed by atoms with Crippen LogP contribution in [0.2, 0.25) is 0 Å². The fourth-order valence-corrected chi connectivity index (χ4v) is 3.34. The maximum Gasteiger partial charge on any atom is 0.317 e. The number of carbonyl (C=O) groups excluding carboxylic acids is 1. The van der Waals surface area contributed by atoms with Crippen molar-refractivity contribution in [2.75, 3.05) is 20.2 Å². The number of methoxy groups -OCH3 is 1. The number of hydrogen-bond donors (Lipinski definition) is 2. The number of hydrogen-bond acceptors (Lipinski definition) is 3. The van der Waals surface area contributed by atoms with Gasteiger partial charge >= 0.3 is 12.0 Å². The lowest BCUT2D eigenvalue weighted by Gasteiger charge is -2.21. The number of aliphatic carboxylic acids is 1. The first-order valence-corrected chi connectivity index (χ1v) is 9.01. The van der Waals surface area contributed by atoms with Gasteiger partial charge < -0.3 is 20.1 Å². The number of ether oxygens (including phenoxy) is 1. The van der Waals surface area contributed by atoms with E-state index in [9.17, 15) is 9.59 Å². The number of benzene rings is 2. The zero-order valence-electron chi connectivity index (χ0n) is 15.5. The minimum atomic E-state index is -0.842. The van der Waals surface area contributed by atoms with Gasteiger partial charge in [0.05, 0.1) is 19.1 Å². The molecule has 1 aliphatic heterocycles. The van der Waals surface area contributed by atoms with Gasteiger partial charge in [-0.05, 0) is 30.5 Å². The lowest BCUT2D eigenvalue weighted by molar-refractivity contribution is -0.141. The zero-order valence-corrected chi connectivity index (χ0v) is 15.5. The average molecular weight is 368 g/mol. The van der Waals surface area contributed by atoms with Crippen LogP contribution in [0.4, 0.5) is 4.79 Å². The largest absolute Gasteiger partial charge is 0.496 e. The minimum Gasteiger partial charge on any atom is -0.496 e. The van der Waals surface area contributed by atoms with Crippen molar-refractivity contribution in [3.05, 3.63) is 54.1 Å². The van der Waals surface area contributed by atoms with Crippen LogP contribution < -0.4 is 10.1 Å². The molecule has 0 bridgehead atoms. The lowest BCUT2D eigenvalue weighted by atomic mass is 10.0. The van der Waals surface area contributed by atoms with Crippen LogP contribution in [0.15, 0.2) is 48.5 Å². The molecule has 1 heterocycles. The Labute approximate surface area is 158 Å². The molecule has 2 N–H and O–H groups in total. The first kappa shape index (κ1) is 18.8. The Morgan fingerprint density at radius 1 is 1.19 bits per heavy atom. The summed E-state index contributed by atoms with van der Waals surface area (Å²) in [6, 6.07) is 15.4. The fourth-order valence-electron chi connectivity index (χ4n) is 3.34. The highest BCUT2D eigenvalue weighted by Crippen LogP contribution is 2.30. The number of carboxylic acids is 1. The van der Waals surface area contributed by atoms with E-state index >= 15 is 0 Å². The number of likely N-dealkylation sites (tertiary alicyclic amines) is 1. The molecule has 2 aromatic carbocycles. The number of para-hydroxylation sites is 1. The second kappa shape index (κ2) is 8.12. The SMILES string of the molecule is COc1ccccc1-c1ccc(C(C)NC(=O)N2CCC(C(=O)O)C2)cc1. The van der Waals surface area contributed by atoms with Gasteiger partial charge in [0, 0.05) is 18.7 Å². The molecule has 27 heavy (non-hydrogen) atoms. The number of carboxylic acid groups (broad SMARTS) is 1. The number of carbonyl (C=O) groups is 2. The highest BCUT2D eigenvalue weighted by Gasteiger charge is 2.31. The Morgan fingerprint density at radius 2 is 1.89 bits per heavy atom. The maximum atomic E-state index is 12.4. The van der Waals surface area contributed by atoms with Gasteiger partial charge in [-0.15, -0.1) is 0 Å². The van der Waals surface area contributed by atoms with Crippen LogP contribution >= 0.6 is 0 Å². The van der Waals surface area contributed by atoms with Gasteiger partial charge in [0.15, 0.2) is 0 Å². The second-order valence-corrected chi connectivity index (χ2v) is 6.76. The van der Waals surface area contributed by atoms with E-state index in [1.54, 1.807) is 12.0 Å². The van der Waals surface area contributed by atoms with E-state index in [1.807, 2.05) is 55.5 Å². The number of amides is 2. The van der Waals surface area contributed by atoms with Gasteiger partial charge in [-0.3, -0.25) is 4.79 Å². The Hall–Kier alpha value is -3.02. The molecular weight excluding hydrogens is 344 g/mol. The van der Waals surface area contributed by atoms with Crippen molar-refractivity contribution in [2.45, 2.75) is 19.4 Å². The molecule has 0 saturated carbocycles. The molecule has 6 heteroatoms. The van der Waals surface area contributed by atoms with Crippen molar-refractivity contribution < 1.29 is 19.4 Å². The van der Waals surface area contributed by atoms with Gasteiger partial charge in [-0.25, -0.2) is 4.79 Å². The summed E-state index contributed by atoms with van der Waals surface area (Å²) in [7, 11) is 1.65. The number of nitrogens with zero attached hydrogens (tertiary/aromatic N) is 1. The molecule has 142 valence electrons. The van der Waals surface area contributed by atoms with Crippen LogP contribution in [0, 0.1) is 5.92 Å². The second-order valence-electron chi connectivity index (χ2n) is 6.76. The molecular formula is C21H24N2O4. The number of rotatable bonds is 5. The van der Waals surface area contributed by atoms with E-state index in [0.717, 1.165) is 22.4 Å². The van der Waals surface area contributed by atoms with Crippen molar-refractivity contribution in [3.8, 4) is 16.9 Å². The summed E-state index contributed by atoms with van der Waals surface area (Å²) in [6.45, 7) is 2.66. The Morgan fingerprint density at radius 3 is 2.52 bits per heavy atom.